The number of nitrogens with zero attached hydrogens (tertiary/aromatic N) is 1. The molecule has 1 heterocycles. The Bertz CT molecular complexity index is 418. The number of aromatic nitrogens is 1. The molecule has 0 bridgehead atoms. The highest BCUT2D eigenvalue weighted by molar-refractivity contribution is 14.1. The van der Waals surface area contributed by atoms with E-state index < -0.39 is 29.6 Å². The number of pyridine rings is 1. The molecule has 1 aromatic rings. The summed E-state index contributed by atoms with van der Waals surface area (Å²) in [5.74, 6) is 0. The number of carbonyl (C=O) groups is 1. The van der Waals surface area contributed by atoms with Crippen molar-refractivity contribution < 1.29 is 26.7 Å². The molecule has 0 aliphatic carbocycles. The first-order valence-corrected chi connectivity index (χ1v) is 4.86. The number of alkyl halides is 5. The molecule has 8 heteroatoms. The van der Waals surface area contributed by atoms with Crippen molar-refractivity contribution in [3.63, 3.8) is 0 Å². The van der Waals surface area contributed by atoms with Crippen LogP contribution in [0.25, 0.3) is 0 Å². The van der Waals surface area contributed by atoms with Crippen molar-refractivity contribution in [3.05, 3.63) is 26.6 Å². The Kier molecular flexibility index (Phi) is 3.81. The minimum absolute atomic E-state index is 0.0760. The third-order valence-corrected chi connectivity index (χ3v) is 2.53. The Balaban J connectivity index is 3.53. The van der Waals surface area contributed by atoms with Crippen LogP contribution >= 0.6 is 22.6 Å². The Morgan fingerprint density at radius 1 is 1.38 bits per heavy atom. The molecule has 0 amide bonds. The number of halogens is 6. The predicted octanol–water partition coefficient (Wildman–Crippen LogP) is 3.46. The van der Waals surface area contributed by atoms with E-state index in [0.29, 0.717) is 0 Å². The fourth-order valence-corrected chi connectivity index (χ4v) is 1.84. The van der Waals surface area contributed by atoms with Crippen LogP contribution in [0.1, 0.15) is 28.2 Å². The zero-order valence-corrected chi connectivity index (χ0v) is 9.51. The lowest BCUT2D eigenvalue weighted by molar-refractivity contribution is -0.143. The number of rotatable bonds is 2. The molecule has 1 rings (SSSR count). The van der Waals surface area contributed by atoms with Gasteiger partial charge in [0.1, 0.15) is 5.69 Å². The Hall–Kier alpha value is -0.800. The summed E-state index contributed by atoms with van der Waals surface area (Å²) in [7, 11) is 0. The van der Waals surface area contributed by atoms with Crippen LogP contribution in [-0.4, -0.2) is 11.3 Å². The molecule has 0 spiro atoms. The Labute approximate surface area is 100.0 Å². The highest BCUT2D eigenvalue weighted by Crippen LogP contribution is 2.37. The molecule has 0 saturated heterocycles. The third-order valence-electron chi connectivity index (χ3n) is 1.64. The van der Waals surface area contributed by atoms with Crippen LogP contribution in [0.15, 0.2) is 6.07 Å². The second-order valence-electron chi connectivity index (χ2n) is 2.71. The van der Waals surface area contributed by atoms with Gasteiger partial charge in [-0.15, -0.1) is 0 Å². The van der Waals surface area contributed by atoms with Crippen molar-refractivity contribution >= 4 is 28.9 Å². The average Bonchev–Trinajstić information content (AvgIpc) is 2.14. The van der Waals surface area contributed by atoms with Crippen molar-refractivity contribution in [2.45, 2.75) is 12.6 Å². The number of aldehydes is 1. The summed E-state index contributed by atoms with van der Waals surface area (Å²) in [4.78, 5) is 13.2. The Morgan fingerprint density at radius 2 is 1.94 bits per heavy atom. The van der Waals surface area contributed by atoms with E-state index in [-0.39, 0.29) is 9.86 Å². The van der Waals surface area contributed by atoms with Gasteiger partial charge in [0.05, 0.1) is 5.56 Å². The maximum atomic E-state index is 12.4. The second kappa shape index (κ2) is 4.60. The predicted molar refractivity (Wildman–Crippen MR) is 52.3 cm³/mol. The minimum Gasteiger partial charge on any atom is -0.296 e. The van der Waals surface area contributed by atoms with Gasteiger partial charge in [0, 0.05) is 3.57 Å². The smallest absolute Gasteiger partial charge is 0.296 e. The van der Waals surface area contributed by atoms with Gasteiger partial charge in [-0.25, -0.2) is 13.8 Å². The van der Waals surface area contributed by atoms with Gasteiger partial charge in [-0.2, -0.15) is 13.2 Å². The average molecular weight is 351 g/mol. The van der Waals surface area contributed by atoms with Gasteiger partial charge in [0.2, 0.25) is 0 Å². The highest BCUT2D eigenvalue weighted by Gasteiger charge is 2.39. The monoisotopic (exact) mass is 351 g/mol. The van der Waals surface area contributed by atoms with Gasteiger partial charge in [0.25, 0.3) is 6.43 Å². The molecule has 0 unspecified atom stereocenters. The number of hydrogen-bond donors (Lipinski definition) is 0. The molecule has 0 aliphatic rings. The van der Waals surface area contributed by atoms with Crippen molar-refractivity contribution in [1.29, 1.82) is 0 Å². The molecule has 2 nitrogen and oxygen atoms in total. The lowest BCUT2D eigenvalue weighted by Crippen LogP contribution is -2.15. The van der Waals surface area contributed by atoms with Crippen molar-refractivity contribution in [2.75, 3.05) is 0 Å². The largest absolute Gasteiger partial charge is 0.433 e. The van der Waals surface area contributed by atoms with E-state index in [1.165, 1.54) is 22.6 Å². The van der Waals surface area contributed by atoms with Crippen molar-refractivity contribution in [3.8, 4) is 0 Å². The summed E-state index contributed by atoms with van der Waals surface area (Å²) in [6.07, 6.45) is -8.23. The fourth-order valence-electron chi connectivity index (χ4n) is 1.03. The van der Waals surface area contributed by atoms with Gasteiger partial charge >= 0.3 is 6.18 Å². The van der Waals surface area contributed by atoms with Gasteiger partial charge < -0.3 is 0 Å². The summed E-state index contributed by atoms with van der Waals surface area (Å²) >= 11 is 1.31. The first kappa shape index (κ1) is 13.3. The lowest BCUT2D eigenvalue weighted by atomic mass is 10.1. The van der Waals surface area contributed by atoms with Crippen LogP contribution in [0.3, 0.4) is 0 Å². The van der Waals surface area contributed by atoms with Gasteiger partial charge in [0.15, 0.2) is 12.0 Å². The van der Waals surface area contributed by atoms with E-state index >= 15 is 0 Å². The van der Waals surface area contributed by atoms with Crippen LogP contribution in [-0.2, 0) is 6.18 Å². The number of hydrogen-bond acceptors (Lipinski definition) is 2. The quantitative estimate of drug-likeness (QED) is 0.464. The third kappa shape index (κ3) is 2.66. The fraction of sp³-hybridized carbons (Fsp3) is 0.250. The van der Waals surface area contributed by atoms with Gasteiger partial charge in [-0.3, -0.25) is 4.79 Å². The first-order chi connectivity index (χ1) is 7.27. The Morgan fingerprint density at radius 3 is 2.31 bits per heavy atom. The topological polar surface area (TPSA) is 30.0 Å². The van der Waals surface area contributed by atoms with Crippen LogP contribution in [0.2, 0.25) is 0 Å². The summed E-state index contributed by atoms with van der Waals surface area (Å²) in [6.45, 7) is 0. The molecule has 0 saturated carbocycles. The lowest BCUT2D eigenvalue weighted by Gasteiger charge is -2.13. The summed E-state index contributed by atoms with van der Waals surface area (Å²) < 4.78 is 61.7. The van der Waals surface area contributed by atoms with Crippen molar-refractivity contribution in [2.24, 2.45) is 0 Å². The van der Waals surface area contributed by atoms with Crippen molar-refractivity contribution in [1.82, 2.24) is 4.98 Å². The highest BCUT2D eigenvalue weighted by atomic mass is 127. The molecule has 0 aliphatic heterocycles. The van der Waals surface area contributed by atoms with Crippen LogP contribution in [0, 0.1) is 3.57 Å². The van der Waals surface area contributed by atoms with Gasteiger partial charge in [-0.05, 0) is 28.7 Å². The van der Waals surface area contributed by atoms with Gasteiger partial charge in [-0.1, -0.05) is 0 Å². The maximum absolute atomic E-state index is 12.4. The zero-order valence-electron chi connectivity index (χ0n) is 7.36. The summed E-state index contributed by atoms with van der Waals surface area (Å²) in [6, 6.07) is 0.879. The van der Waals surface area contributed by atoms with E-state index in [1.54, 1.807) is 0 Å². The molecule has 88 valence electrons. The molecular formula is C8H3F5INO. The number of carbonyl (C=O) groups excluding carboxylic acids is 1. The van der Waals surface area contributed by atoms with E-state index in [1.807, 2.05) is 0 Å². The van der Waals surface area contributed by atoms with Crippen LogP contribution < -0.4 is 0 Å². The van der Waals surface area contributed by atoms with E-state index in [2.05, 4.69) is 4.98 Å². The first-order valence-electron chi connectivity index (χ1n) is 3.78. The molecule has 0 N–H and O–H groups in total. The molecular weight excluding hydrogens is 348 g/mol. The van der Waals surface area contributed by atoms with E-state index in [0.717, 1.165) is 6.07 Å². The summed E-state index contributed by atoms with van der Waals surface area (Å²) in [5, 5.41) is 0. The molecule has 0 atom stereocenters. The SMILES string of the molecule is O=Cc1cc(I)c(C(F)F)c(C(F)(F)F)n1. The molecule has 1 aromatic heterocycles. The standard InChI is InChI=1S/C8H3F5INO/c9-7(10)5-4(14)1-3(2-16)15-6(5)8(11,12)13/h1-2,7H. The zero-order chi connectivity index (χ0) is 12.5. The molecule has 0 aromatic carbocycles. The molecule has 16 heavy (non-hydrogen) atoms. The maximum Gasteiger partial charge on any atom is 0.433 e. The minimum atomic E-state index is -5.01. The van der Waals surface area contributed by atoms with Crippen LogP contribution in [0.4, 0.5) is 22.0 Å². The normalized spacial score (nSPS) is 11.9. The second-order valence-corrected chi connectivity index (χ2v) is 3.87. The molecule has 0 fully saturated rings. The van der Waals surface area contributed by atoms with Crippen LogP contribution in [0.5, 0.6) is 0 Å². The van der Waals surface area contributed by atoms with E-state index in [4.69, 9.17) is 0 Å². The molecule has 0 radical (unpaired) electrons. The summed E-state index contributed by atoms with van der Waals surface area (Å²) in [5.41, 5.74) is -3.43. The van der Waals surface area contributed by atoms with E-state index in [9.17, 15) is 26.7 Å².